The number of hydrogen-bond donors (Lipinski definition) is 0. The molecule has 120 valence electrons. The maximum absolute atomic E-state index is 12.9. The van der Waals surface area contributed by atoms with Crippen molar-refractivity contribution in [2.75, 3.05) is 40.4 Å². The van der Waals surface area contributed by atoms with E-state index < -0.39 is 0 Å². The van der Waals surface area contributed by atoms with Crippen LogP contribution in [0.2, 0.25) is 0 Å². The molecule has 1 amide bonds. The smallest absolute Gasteiger partial charge is 0.257 e. The Morgan fingerprint density at radius 1 is 1.18 bits per heavy atom. The first-order valence-corrected chi connectivity index (χ1v) is 8.01. The Kier molecular flexibility index (Phi) is 4.52. The number of rotatable bonds is 2. The number of para-hydroxylation sites is 1. The van der Waals surface area contributed by atoms with Crippen molar-refractivity contribution in [2.45, 2.75) is 25.3 Å². The molecule has 0 spiro atoms. The predicted molar refractivity (Wildman–Crippen MR) is 84.7 cm³/mol. The quantitative estimate of drug-likeness (QED) is 0.838. The molecule has 2 heterocycles. The normalized spacial score (nSPS) is 21.6. The number of hydrogen-bond acceptors (Lipinski definition) is 4. The molecule has 0 aromatic heterocycles. The van der Waals surface area contributed by atoms with Crippen LogP contribution in [0.15, 0.2) is 18.2 Å². The first kappa shape index (κ1) is 15.2. The van der Waals surface area contributed by atoms with E-state index in [2.05, 4.69) is 19.0 Å². The minimum Gasteiger partial charge on any atom is -0.486 e. The first-order chi connectivity index (χ1) is 10.7. The zero-order valence-electron chi connectivity index (χ0n) is 13.4. The Hall–Kier alpha value is -1.75. The molecule has 1 aromatic carbocycles. The van der Waals surface area contributed by atoms with Crippen LogP contribution in [-0.4, -0.2) is 62.1 Å². The Labute approximate surface area is 131 Å². The molecule has 1 fully saturated rings. The lowest BCUT2D eigenvalue weighted by atomic mass is 10.1. The lowest BCUT2D eigenvalue weighted by molar-refractivity contribution is 0.0748. The van der Waals surface area contributed by atoms with E-state index in [9.17, 15) is 4.79 Å². The Morgan fingerprint density at radius 2 is 2.00 bits per heavy atom. The van der Waals surface area contributed by atoms with Gasteiger partial charge in [0.2, 0.25) is 0 Å². The second-order valence-electron chi connectivity index (χ2n) is 6.17. The van der Waals surface area contributed by atoms with Crippen LogP contribution in [0, 0.1) is 0 Å². The summed E-state index contributed by atoms with van der Waals surface area (Å²) in [5, 5.41) is 0. The average Bonchev–Trinajstić information content (AvgIpc) is 2.80. The Balaban J connectivity index is 1.77. The molecule has 2 aliphatic rings. The van der Waals surface area contributed by atoms with Crippen molar-refractivity contribution in [3.05, 3.63) is 23.8 Å². The van der Waals surface area contributed by atoms with Gasteiger partial charge in [0.05, 0.1) is 5.56 Å². The van der Waals surface area contributed by atoms with Crippen molar-refractivity contribution < 1.29 is 14.3 Å². The van der Waals surface area contributed by atoms with Crippen LogP contribution in [0.3, 0.4) is 0 Å². The van der Waals surface area contributed by atoms with Gasteiger partial charge in [-0.1, -0.05) is 6.07 Å². The van der Waals surface area contributed by atoms with Gasteiger partial charge in [0.1, 0.15) is 13.2 Å². The number of amides is 1. The summed E-state index contributed by atoms with van der Waals surface area (Å²) in [4.78, 5) is 17.1. The molecule has 0 unspecified atom stereocenters. The summed E-state index contributed by atoms with van der Waals surface area (Å²) in [5.41, 5.74) is 0.625. The van der Waals surface area contributed by atoms with Crippen molar-refractivity contribution >= 4 is 5.91 Å². The van der Waals surface area contributed by atoms with Gasteiger partial charge in [-0.05, 0) is 45.5 Å². The molecular weight excluding hydrogens is 280 g/mol. The topological polar surface area (TPSA) is 42.0 Å². The van der Waals surface area contributed by atoms with Gasteiger partial charge in [0, 0.05) is 19.1 Å². The standard InChI is InChI=1S/C17H24N2O3/c1-18(2)13-5-4-9-19(10-8-13)17(20)14-6-3-7-15-16(14)22-12-11-21-15/h3,6-7,13H,4-5,8-12H2,1-2H3/t13-/m0/s1. The summed E-state index contributed by atoms with van der Waals surface area (Å²) in [6.07, 6.45) is 3.20. The summed E-state index contributed by atoms with van der Waals surface area (Å²) < 4.78 is 11.2. The highest BCUT2D eigenvalue weighted by Gasteiger charge is 2.26. The molecule has 0 N–H and O–H groups in total. The largest absolute Gasteiger partial charge is 0.486 e. The molecule has 0 aliphatic carbocycles. The van der Waals surface area contributed by atoms with Gasteiger partial charge < -0.3 is 19.3 Å². The molecule has 0 saturated carbocycles. The summed E-state index contributed by atoms with van der Waals surface area (Å²) >= 11 is 0. The van der Waals surface area contributed by atoms with E-state index in [0.717, 1.165) is 32.4 Å². The highest BCUT2D eigenvalue weighted by molar-refractivity contribution is 5.97. The second kappa shape index (κ2) is 6.57. The molecule has 1 atom stereocenters. The minimum atomic E-state index is 0.0572. The van der Waals surface area contributed by atoms with E-state index in [1.807, 2.05) is 23.1 Å². The fourth-order valence-corrected chi connectivity index (χ4v) is 3.21. The molecule has 22 heavy (non-hydrogen) atoms. The van der Waals surface area contributed by atoms with E-state index in [0.29, 0.717) is 36.3 Å². The number of fused-ring (bicyclic) bond motifs is 1. The zero-order chi connectivity index (χ0) is 15.5. The van der Waals surface area contributed by atoms with Crippen molar-refractivity contribution in [1.29, 1.82) is 0 Å². The number of ether oxygens (including phenoxy) is 2. The fourth-order valence-electron chi connectivity index (χ4n) is 3.21. The van der Waals surface area contributed by atoms with Gasteiger partial charge in [-0.2, -0.15) is 0 Å². The van der Waals surface area contributed by atoms with Crippen molar-refractivity contribution in [2.24, 2.45) is 0 Å². The maximum Gasteiger partial charge on any atom is 0.257 e. The van der Waals surface area contributed by atoms with Crippen LogP contribution in [-0.2, 0) is 0 Å². The summed E-state index contributed by atoms with van der Waals surface area (Å²) in [6.45, 7) is 2.65. The minimum absolute atomic E-state index is 0.0572. The fraction of sp³-hybridized carbons (Fsp3) is 0.588. The van der Waals surface area contributed by atoms with Crippen LogP contribution < -0.4 is 9.47 Å². The van der Waals surface area contributed by atoms with E-state index in [4.69, 9.17) is 9.47 Å². The van der Waals surface area contributed by atoms with Crippen molar-refractivity contribution in [3.63, 3.8) is 0 Å². The van der Waals surface area contributed by atoms with Crippen LogP contribution >= 0.6 is 0 Å². The predicted octanol–water partition coefficient (Wildman–Crippen LogP) is 2.01. The van der Waals surface area contributed by atoms with Gasteiger partial charge in [0.25, 0.3) is 5.91 Å². The Morgan fingerprint density at radius 3 is 2.82 bits per heavy atom. The molecular formula is C17H24N2O3. The summed E-state index contributed by atoms with van der Waals surface area (Å²) in [5.74, 6) is 1.34. The van der Waals surface area contributed by atoms with Gasteiger partial charge in [0.15, 0.2) is 11.5 Å². The lowest BCUT2D eigenvalue weighted by Gasteiger charge is -2.25. The number of carbonyl (C=O) groups excluding carboxylic acids is 1. The van der Waals surface area contributed by atoms with E-state index in [1.54, 1.807) is 0 Å². The third kappa shape index (κ3) is 3.04. The third-order valence-electron chi connectivity index (χ3n) is 4.51. The van der Waals surface area contributed by atoms with Crippen molar-refractivity contribution in [3.8, 4) is 11.5 Å². The van der Waals surface area contributed by atoms with Crippen LogP contribution in [0.1, 0.15) is 29.6 Å². The molecule has 1 saturated heterocycles. The van der Waals surface area contributed by atoms with Gasteiger partial charge in [-0.3, -0.25) is 4.79 Å². The number of likely N-dealkylation sites (tertiary alicyclic amines) is 1. The molecule has 1 aromatic rings. The molecule has 5 nitrogen and oxygen atoms in total. The SMILES string of the molecule is CN(C)[C@H]1CCCN(C(=O)c2cccc3c2OCCO3)CC1. The number of benzene rings is 1. The van der Waals surface area contributed by atoms with Gasteiger partial charge >= 0.3 is 0 Å². The average molecular weight is 304 g/mol. The lowest BCUT2D eigenvalue weighted by Crippen LogP contribution is -2.34. The van der Waals surface area contributed by atoms with E-state index >= 15 is 0 Å². The van der Waals surface area contributed by atoms with Gasteiger partial charge in [-0.15, -0.1) is 0 Å². The highest BCUT2D eigenvalue weighted by atomic mass is 16.6. The van der Waals surface area contributed by atoms with Crippen LogP contribution in [0.4, 0.5) is 0 Å². The van der Waals surface area contributed by atoms with Gasteiger partial charge in [-0.25, -0.2) is 0 Å². The summed E-state index contributed by atoms with van der Waals surface area (Å²) in [6, 6.07) is 6.11. The number of carbonyl (C=O) groups is 1. The summed E-state index contributed by atoms with van der Waals surface area (Å²) in [7, 11) is 4.22. The second-order valence-corrected chi connectivity index (χ2v) is 6.17. The third-order valence-corrected chi connectivity index (χ3v) is 4.51. The number of nitrogens with zero attached hydrogens (tertiary/aromatic N) is 2. The monoisotopic (exact) mass is 304 g/mol. The molecule has 2 aliphatic heterocycles. The molecule has 0 radical (unpaired) electrons. The van der Waals surface area contributed by atoms with E-state index in [-0.39, 0.29) is 5.91 Å². The first-order valence-electron chi connectivity index (χ1n) is 8.01. The molecule has 0 bridgehead atoms. The highest BCUT2D eigenvalue weighted by Crippen LogP contribution is 2.34. The Bertz CT molecular complexity index is 545. The van der Waals surface area contributed by atoms with Crippen LogP contribution in [0.25, 0.3) is 0 Å². The molecule has 3 rings (SSSR count). The maximum atomic E-state index is 12.9. The zero-order valence-corrected chi connectivity index (χ0v) is 13.4. The van der Waals surface area contributed by atoms with E-state index in [1.165, 1.54) is 0 Å². The van der Waals surface area contributed by atoms with Crippen LogP contribution in [0.5, 0.6) is 11.5 Å². The van der Waals surface area contributed by atoms with Crippen molar-refractivity contribution in [1.82, 2.24) is 9.80 Å². The molecule has 5 heteroatoms.